The first-order valence-electron chi connectivity index (χ1n) is 8.52. The number of aromatic hydroxyl groups is 1. The Morgan fingerprint density at radius 3 is 2.67 bits per heavy atom. The fourth-order valence-electron chi connectivity index (χ4n) is 4.42. The van der Waals surface area contributed by atoms with E-state index in [2.05, 4.69) is 13.8 Å². The van der Waals surface area contributed by atoms with Gasteiger partial charge in [0.2, 0.25) is 0 Å². The highest BCUT2D eigenvalue weighted by molar-refractivity contribution is 6.00. The molecule has 1 aliphatic heterocycles. The molecule has 132 valence electrons. The summed E-state index contributed by atoms with van der Waals surface area (Å²) in [5, 5.41) is 21.1. The van der Waals surface area contributed by atoms with Crippen LogP contribution >= 0.6 is 0 Å². The molecule has 2 aliphatic rings. The number of rotatable bonds is 3. The molecule has 24 heavy (non-hydrogen) atoms. The van der Waals surface area contributed by atoms with Gasteiger partial charge in [0.1, 0.15) is 28.9 Å². The number of phenols is 1. The third-order valence-electron chi connectivity index (χ3n) is 5.65. The van der Waals surface area contributed by atoms with Crippen molar-refractivity contribution in [1.29, 1.82) is 0 Å². The van der Waals surface area contributed by atoms with Crippen molar-refractivity contribution in [2.75, 3.05) is 7.11 Å². The van der Waals surface area contributed by atoms with Crippen molar-refractivity contribution in [1.82, 2.24) is 0 Å². The summed E-state index contributed by atoms with van der Waals surface area (Å²) in [6.45, 7) is 7.52. The molecule has 1 aliphatic carbocycles. The van der Waals surface area contributed by atoms with E-state index in [4.69, 9.17) is 9.47 Å². The second-order valence-electron chi connectivity index (χ2n) is 7.64. The predicted molar refractivity (Wildman–Crippen MR) is 90.0 cm³/mol. The van der Waals surface area contributed by atoms with Gasteiger partial charge in [-0.1, -0.05) is 13.8 Å². The topological polar surface area (TPSA) is 76.0 Å². The number of aliphatic hydroxyl groups is 1. The Hall–Kier alpha value is -1.75. The zero-order valence-corrected chi connectivity index (χ0v) is 14.9. The standard InChI is InChI=1S/C19H26O5/c1-9(2)11-6-7-19(4,22)18-15(11)16-13(23-5)8-12(21)14(10(3)20)17(16)24-18/h8-9,11,15,18,21-22H,6-7H2,1-5H3/t11-,15+,18-,19+/m1/s1. The number of ether oxygens (including phenoxy) is 2. The van der Waals surface area contributed by atoms with Gasteiger partial charge in [-0.25, -0.2) is 0 Å². The summed E-state index contributed by atoms with van der Waals surface area (Å²) in [6.07, 6.45) is 1.09. The first kappa shape index (κ1) is 17.1. The highest BCUT2D eigenvalue weighted by Crippen LogP contribution is 2.58. The molecule has 0 aromatic heterocycles. The Balaban J connectivity index is 2.25. The van der Waals surface area contributed by atoms with Crippen LogP contribution in [0.5, 0.6) is 17.2 Å². The van der Waals surface area contributed by atoms with Crippen molar-refractivity contribution in [3.8, 4) is 17.2 Å². The number of fused-ring (bicyclic) bond motifs is 3. The number of ketones is 1. The first-order valence-corrected chi connectivity index (χ1v) is 8.52. The lowest BCUT2D eigenvalue weighted by atomic mass is 9.65. The zero-order valence-electron chi connectivity index (χ0n) is 14.9. The summed E-state index contributed by atoms with van der Waals surface area (Å²) >= 11 is 0. The molecule has 1 fully saturated rings. The number of carbonyl (C=O) groups excluding carboxylic acids is 1. The number of hydrogen-bond acceptors (Lipinski definition) is 5. The molecule has 5 heteroatoms. The van der Waals surface area contributed by atoms with Crippen LogP contribution < -0.4 is 9.47 Å². The molecule has 5 nitrogen and oxygen atoms in total. The number of Topliss-reactive ketones (excluding diaryl/α,β-unsaturated/α-hetero) is 1. The average molecular weight is 334 g/mol. The number of hydrogen-bond donors (Lipinski definition) is 2. The molecule has 1 aromatic rings. The highest BCUT2D eigenvalue weighted by Gasteiger charge is 2.55. The molecule has 0 amide bonds. The maximum Gasteiger partial charge on any atom is 0.167 e. The monoisotopic (exact) mass is 334 g/mol. The molecule has 1 aromatic carbocycles. The molecule has 2 N–H and O–H groups in total. The van der Waals surface area contributed by atoms with Crippen molar-refractivity contribution in [2.24, 2.45) is 11.8 Å². The number of methoxy groups -OCH3 is 1. The van der Waals surface area contributed by atoms with Crippen molar-refractivity contribution >= 4 is 5.78 Å². The van der Waals surface area contributed by atoms with Gasteiger partial charge in [-0.05, 0) is 38.5 Å². The lowest BCUT2D eigenvalue weighted by Crippen LogP contribution is -2.51. The quantitative estimate of drug-likeness (QED) is 0.830. The summed E-state index contributed by atoms with van der Waals surface area (Å²) in [5.41, 5.74) is 0.00622. The summed E-state index contributed by atoms with van der Waals surface area (Å²) in [6, 6.07) is 1.49. The molecule has 1 saturated carbocycles. The van der Waals surface area contributed by atoms with Crippen molar-refractivity contribution in [3.63, 3.8) is 0 Å². The molecule has 0 bridgehead atoms. The van der Waals surface area contributed by atoms with Crippen molar-refractivity contribution in [2.45, 2.75) is 58.2 Å². The van der Waals surface area contributed by atoms with Crippen LogP contribution in [0.15, 0.2) is 6.07 Å². The molecule has 0 unspecified atom stereocenters. The fraction of sp³-hybridized carbons (Fsp3) is 0.632. The smallest absolute Gasteiger partial charge is 0.167 e. The van der Waals surface area contributed by atoms with Crippen LogP contribution in [-0.4, -0.2) is 34.8 Å². The number of phenolic OH excluding ortho intramolecular Hbond substituents is 1. The van der Waals surface area contributed by atoms with Gasteiger partial charge in [-0.2, -0.15) is 0 Å². The number of carbonyl (C=O) groups is 1. The summed E-state index contributed by atoms with van der Waals surface area (Å²) < 4.78 is 11.6. The van der Waals surface area contributed by atoms with E-state index in [1.165, 1.54) is 13.0 Å². The normalized spacial score (nSPS) is 31.4. The van der Waals surface area contributed by atoms with Gasteiger partial charge in [-0.3, -0.25) is 4.79 Å². The first-order chi connectivity index (χ1) is 11.2. The van der Waals surface area contributed by atoms with Gasteiger partial charge in [0.15, 0.2) is 5.78 Å². The molecule has 4 atom stereocenters. The Morgan fingerprint density at radius 1 is 1.46 bits per heavy atom. The number of benzene rings is 1. The Morgan fingerprint density at radius 2 is 2.12 bits per heavy atom. The maximum atomic E-state index is 12.1. The minimum Gasteiger partial charge on any atom is -0.507 e. The fourth-order valence-corrected chi connectivity index (χ4v) is 4.42. The van der Waals surface area contributed by atoms with E-state index < -0.39 is 11.7 Å². The van der Waals surface area contributed by atoms with Crippen LogP contribution in [-0.2, 0) is 0 Å². The summed E-state index contributed by atoms with van der Waals surface area (Å²) in [5.74, 6) is 1.16. The van der Waals surface area contributed by atoms with E-state index in [0.29, 0.717) is 29.8 Å². The van der Waals surface area contributed by atoms with Crippen LogP contribution in [0.25, 0.3) is 0 Å². The van der Waals surface area contributed by atoms with E-state index in [0.717, 1.165) is 12.0 Å². The third-order valence-corrected chi connectivity index (χ3v) is 5.65. The molecule has 0 saturated heterocycles. The zero-order chi connectivity index (χ0) is 17.8. The lowest BCUT2D eigenvalue weighted by molar-refractivity contribution is -0.0919. The van der Waals surface area contributed by atoms with E-state index in [1.54, 1.807) is 14.0 Å². The Kier molecular flexibility index (Phi) is 4.03. The SMILES string of the molecule is COc1cc(O)c(C(C)=O)c2c1[C@@H]1[C@@H](C(C)C)CC[C@](C)(O)[C@@H]1O2. The average Bonchev–Trinajstić information content (AvgIpc) is 2.86. The summed E-state index contributed by atoms with van der Waals surface area (Å²) in [4.78, 5) is 12.1. The Labute approximate surface area is 142 Å². The second kappa shape index (κ2) is 5.66. The molecule has 0 radical (unpaired) electrons. The van der Waals surface area contributed by atoms with Crippen molar-refractivity contribution in [3.05, 3.63) is 17.2 Å². The van der Waals surface area contributed by atoms with Gasteiger partial charge < -0.3 is 19.7 Å². The van der Waals surface area contributed by atoms with Crippen LogP contribution in [0.2, 0.25) is 0 Å². The van der Waals surface area contributed by atoms with E-state index in [9.17, 15) is 15.0 Å². The van der Waals surface area contributed by atoms with E-state index >= 15 is 0 Å². The Bertz CT molecular complexity index is 677. The van der Waals surface area contributed by atoms with Gasteiger partial charge in [0, 0.05) is 17.5 Å². The summed E-state index contributed by atoms with van der Waals surface area (Å²) in [7, 11) is 1.54. The maximum absolute atomic E-state index is 12.1. The van der Waals surface area contributed by atoms with Crippen LogP contribution in [0.1, 0.15) is 62.4 Å². The van der Waals surface area contributed by atoms with Crippen LogP contribution in [0.4, 0.5) is 0 Å². The van der Waals surface area contributed by atoms with E-state index in [1.807, 2.05) is 0 Å². The minimum absolute atomic E-state index is 0.0580. The van der Waals surface area contributed by atoms with Gasteiger partial charge >= 0.3 is 0 Å². The van der Waals surface area contributed by atoms with Gasteiger partial charge in [0.25, 0.3) is 0 Å². The van der Waals surface area contributed by atoms with E-state index in [-0.39, 0.29) is 23.0 Å². The van der Waals surface area contributed by atoms with Crippen LogP contribution in [0, 0.1) is 11.8 Å². The molecule has 0 spiro atoms. The minimum atomic E-state index is -0.982. The van der Waals surface area contributed by atoms with Crippen LogP contribution in [0.3, 0.4) is 0 Å². The third kappa shape index (κ3) is 2.37. The molecular weight excluding hydrogens is 308 g/mol. The van der Waals surface area contributed by atoms with Gasteiger partial charge in [-0.15, -0.1) is 0 Å². The highest BCUT2D eigenvalue weighted by atomic mass is 16.5. The molecular formula is C19H26O5. The van der Waals surface area contributed by atoms with Gasteiger partial charge in [0.05, 0.1) is 12.7 Å². The lowest BCUT2D eigenvalue weighted by Gasteiger charge is -2.44. The van der Waals surface area contributed by atoms with Crippen molar-refractivity contribution < 1.29 is 24.5 Å². The molecule has 1 heterocycles. The second-order valence-corrected chi connectivity index (χ2v) is 7.64. The largest absolute Gasteiger partial charge is 0.507 e. The predicted octanol–water partition coefficient (Wildman–Crippen LogP) is 3.27. The molecule has 3 rings (SSSR count).